The monoisotopic (exact) mass is 176 g/mol. The van der Waals surface area contributed by atoms with Crippen molar-refractivity contribution in [3.63, 3.8) is 0 Å². The van der Waals surface area contributed by atoms with Crippen LogP contribution in [0.25, 0.3) is 0 Å². The SMILES string of the molecule is O=CCC=C(Cl)C(=O)C(=O)O. The second-order valence-electron chi connectivity index (χ2n) is 1.59. The standard InChI is InChI=1S/C6H5ClO4/c7-4(2-1-3-8)5(9)6(10)11/h2-3H,1H2,(H,10,11). The van der Waals surface area contributed by atoms with E-state index in [0.29, 0.717) is 6.29 Å². The number of carboxylic acids is 1. The average Bonchev–Trinajstić information content (AvgIpc) is 1.98. The molecule has 11 heavy (non-hydrogen) atoms. The van der Waals surface area contributed by atoms with Crippen molar-refractivity contribution in [2.75, 3.05) is 0 Å². The van der Waals surface area contributed by atoms with E-state index in [0.717, 1.165) is 6.08 Å². The molecule has 0 saturated carbocycles. The lowest BCUT2D eigenvalue weighted by Crippen LogP contribution is -2.12. The Hall–Kier alpha value is -1.16. The van der Waals surface area contributed by atoms with Crippen LogP contribution in [-0.4, -0.2) is 23.1 Å². The zero-order valence-electron chi connectivity index (χ0n) is 5.41. The normalized spacial score (nSPS) is 10.8. The van der Waals surface area contributed by atoms with Gasteiger partial charge in [-0.2, -0.15) is 0 Å². The molecular weight excluding hydrogens is 172 g/mol. The Morgan fingerprint density at radius 1 is 1.45 bits per heavy atom. The zero-order valence-corrected chi connectivity index (χ0v) is 6.17. The van der Waals surface area contributed by atoms with Crippen LogP contribution in [0.15, 0.2) is 11.1 Å². The molecule has 0 aliphatic carbocycles. The van der Waals surface area contributed by atoms with Crippen LogP contribution in [0.3, 0.4) is 0 Å². The summed E-state index contributed by atoms with van der Waals surface area (Å²) in [6.45, 7) is 0. The van der Waals surface area contributed by atoms with Gasteiger partial charge in [0, 0.05) is 6.42 Å². The molecule has 4 nitrogen and oxygen atoms in total. The van der Waals surface area contributed by atoms with E-state index in [1.807, 2.05) is 0 Å². The van der Waals surface area contributed by atoms with E-state index in [-0.39, 0.29) is 6.42 Å². The molecule has 0 bridgehead atoms. The summed E-state index contributed by atoms with van der Waals surface area (Å²) in [4.78, 5) is 30.1. The van der Waals surface area contributed by atoms with Crippen LogP contribution >= 0.6 is 11.6 Å². The lowest BCUT2D eigenvalue weighted by molar-refractivity contribution is -0.146. The van der Waals surface area contributed by atoms with Crippen molar-refractivity contribution >= 4 is 29.6 Å². The molecule has 0 aromatic rings. The van der Waals surface area contributed by atoms with Gasteiger partial charge in [0.25, 0.3) is 5.78 Å². The number of carbonyl (C=O) groups excluding carboxylic acids is 2. The number of allylic oxidation sites excluding steroid dienone is 1. The maximum atomic E-state index is 10.4. The Morgan fingerprint density at radius 2 is 2.00 bits per heavy atom. The van der Waals surface area contributed by atoms with Gasteiger partial charge in [-0.05, 0) is 0 Å². The summed E-state index contributed by atoms with van der Waals surface area (Å²) in [7, 11) is 0. The van der Waals surface area contributed by atoms with Crippen LogP contribution in [0.4, 0.5) is 0 Å². The molecule has 0 rings (SSSR count). The Balaban J connectivity index is 4.23. The van der Waals surface area contributed by atoms with Gasteiger partial charge in [0.2, 0.25) is 0 Å². The van der Waals surface area contributed by atoms with Gasteiger partial charge in [0.1, 0.15) is 6.29 Å². The lowest BCUT2D eigenvalue weighted by atomic mass is 10.3. The fraction of sp³-hybridized carbons (Fsp3) is 0.167. The summed E-state index contributed by atoms with van der Waals surface area (Å²) in [5.74, 6) is -2.83. The Kier molecular flexibility index (Phi) is 4.14. The number of aldehydes is 1. The molecule has 0 heterocycles. The first-order chi connectivity index (χ1) is 5.09. The van der Waals surface area contributed by atoms with E-state index >= 15 is 0 Å². The number of halogens is 1. The maximum Gasteiger partial charge on any atom is 0.378 e. The maximum absolute atomic E-state index is 10.4. The van der Waals surface area contributed by atoms with E-state index in [2.05, 4.69) is 0 Å². The first kappa shape index (κ1) is 9.84. The minimum absolute atomic E-state index is 0.0577. The summed E-state index contributed by atoms with van der Waals surface area (Å²) in [5.41, 5.74) is 0. The fourth-order valence-corrected chi connectivity index (χ4v) is 0.516. The summed E-state index contributed by atoms with van der Waals surface area (Å²) >= 11 is 5.18. The molecule has 0 spiro atoms. The topological polar surface area (TPSA) is 71.4 Å². The molecule has 5 heteroatoms. The van der Waals surface area contributed by atoms with Crippen LogP contribution in [0.2, 0.25) is 0 Å². The molecule has 0 fully saturated rings. The highest BCUT2D eigenvalue weighted by Crippen LogP contribution is 2.03. The summed E-state index contributed by atoms with van der Waals surface area (Å²) in [5, 5.41) is 7.65. The second kappa shape index (κ2) is 4.62. The van der Waals surface area contributed by atoms with Crippen molar-refractivity contribution in [1.82, 2.24) is 0 Å². The average molecular weight is 177 g/mol. The number of ketones is 1. The first-order valence-electron chi connectivity index (χ1n) is 2.66. The lowest BCUT2D eigenvalue weighted by Gasteiger charge is -1.88. The van der Waals surface area contributed by atoms with Crippen molar-refractivity contribution in [2.24, 2.45) is 0 Å². The molecule has 0 radical (unpaired) electrons. The third kappa shape index (κ3) is 3.52. The van der Waals surface area contributed by atoms with E-state index < -0.39 is 16.8 Å². The minimum Gasteiger partial charge on any atom is -0.475 e. The van der Waals surface area contributed by atoms with E-state index in [1.165, 1.54) is 0 Å². The quantitative estimate of drug-likeness (QED) is 0.381. The molecular formula is C6H5ClO4. The van der Waals surface area contributed by atoms with Gasteiger partial charge in [-0.25, -0.2) is 4.79 Å². The number of carbonyl (C=O) groups is 3. The number of hydrogen-bond donors (Lipinski definition) is 1. The van der Waals surface area contributed by atoms with Crippen molar-refractivity contribution in [2.45, 2.75) is 6.42 Å². The van der Waals surface area contributed by atoms with Crippen molar-refractivity contribution in [1.29, 1.82) is 0 Å². The Bertz CT molecular complexity index is 219. The molecule has 0 aliphatic heterocycles. The fourth-order valence-electron chi connectivity index (χ4n) is 0.346. The highest BCUT2D eigenvalue weighted by atomic mass is 35.5. The Morgan fingerprint density at radius 3 is 2.36 bits per heavy atom. The molecule has 1 N–H and O–H groups in total. The zero-order chi connectivity index (χ0) is 8.85. The molecule has 0 atom stereocenters. The summed E-state index contributed by atoms with van der Waals surface area (Å²) < 4.78 is 0. The van der Waals surface area contributed by atoms with E-state index in [4.69, 9.17) is 16.7 Å². The Labute approximate surface area is 67.5 Å². The number of aliphatic carboxylic acids is 1. The first-order valence-corrected chi connectivity index (χ1v) is 3.04. The molecule has 0 aromatic carbocycles. The van der Waals surface area contributed by atoms with Crippen molar-refractivity contribution in [3.8, 4) is 0 Å². The molecule has 0 amide bonds. The van der Waals surface area contributed by atoms with Gasteiger partial charge in [0.15, 0.2) is 0 Å². The number of hydrogen-bond acceptors (Lipinski definition) is 3. The highest BCUT2D eigenvalue weighted by Gasteiger charge is 2.14. The van der Waals surface area contributed by atoms with E-state index in [9.17, 15) is 14.4 Å². The van der Waals surface area contributed by atoms with Crippen LogP contribution in [0.1, 0.15) is 6.42 Å². The molecule has 60 valence electrons. The molecule has 0 aliphatic rings. The minimum atomic E-state index is -1.63. The van der Waals surface area contributed by atoms with Gasteiger partial charge in [-0.1, -0.05) is 17.7 Å². The highest BCUT2D eigenvalue weighted by molar-refractivity contribution is 6.56. The van der Waals surface area contributed by atoms with Crippen molar-refractivity contribution < 1.29 is 19.5 Å². The number of carboxylic acid groups (broad SMARTS) is 1. The predicted octanol–water partition coefficient (Wildman–Crippen LogP) is 0.352. The van der Waals surface area contributed by atoms with Gasteiger partial charge < -0.3 is 9.90 Å². The van der Waals surface area contributed by atoms with E-state index in [1.54, 1.807) is 0 Å². The van der Waals surface area contributed by atoms with Gasteiger partial charge in [-0.3, -0.25) is 4.79 Å². The summed E-state index contributed by atoms with van der Waals surface area (Å²) in [6.07, 6.45) is 1.50. The third-order valence-electron chi connectivity index (χ3n) is 0.804. The number of Topliss-reactive ketones (excluding diaryl/α,β-unsaturated/α-hetero) is 1. The van der Waals surface area contributed by atoms with Crippen LogP contribution in [0, 0.1) is 0 Å². The van der Waals surface area contributed by atoms with Crippen molar-refractivity contribution in [3.05, 3.63) is 11.1 Å². The predicted molar refractivity (Wildman–Crippen MR) is 37.3 cm³/mol. The van der Waals surface area contributed by atoms with Gasteiger partial charge in [0.05, 0.1) is 5.03 Å². The molecule has 0 unspecified atom stereocenters. The van der Waals surface area contributed by atoms with Crippen LogP contribution in [-0.2, 0) is 14.4 Å². The van der Waals surface area contributed by atoms with Crippen LogP contribution < -0.4 is 0 Å². The smallest absolute Gasteiger partial charge is 0.378 e. The molecule has 0 saturated heterocycles. The third-order valence-corrected chi connectivity index (χ3v) is 1.13. The number of rotatable bonds is 4. The molecule has 0 aromatic heterocycles. The van der Waals surface area contributed by atoms with Gasteiger partial charge in [-0.15, -0.1) is 0 Å². The van der Waals surface area contributed by atoms with Crippen LogP contribution in [0.5, 0.6) is 0 Å². The second-order valence-corrected chi connectivity index (χ2v) is 2.00. The largest absolute Gasteiger partial charge is 0.475 e. The van der Waals surface area contributed by atoms with Gasteiger partial charge >= 0.3 is 5.97 Å². The summed E-state index contributed by atoms with van der Waals surface area (Å²) in [6, 6.07) is 0.